The van der Waals surface area contributed by atoms with E-state index in [0.29, 0.717) is 13.1 Å². The zero-order valence-corrected chi connectivity index (χ0v) is 13.4. The van der Waals surface area contributed by atoms with Gasteiger partial charge >= 0.3 is 0 Å². The lowest BCUT2D eigenvalue weighted by atomic mass is 10.1. The molecule has 1 atom stereocenters. The number of imidazole rings is 1. The maximum atomic E-state index is 12.5. The monoisotopic (exact) mass is 315 g/mol. The number of aromatic nitrogens is 3. The number of piperazine rings is 1. The van der Waals surface area contributed by atoms with Crippen LogP contribution in [0, 0.1) is 0 Å². The van der Waals surface area contributed by atoms with Gasteiger partial charge in [0, 0.05) is 51.3 Å². The van der Waals surface area contributed by atoms with Crippen molar-refractivity contribution in [2.24, 2.45) is 7.05 Å². The first-order valence-corrected chi connectivity index (χ1v) is 7.67. The second-order valence-electron chi connectivity index (χ2n) is 5.90. The van der Waals surface area contributed by atoms with Crippen LogP contribution in [0.25, 0.3) is 0 Å². The van der Waals surface area contributed by atoms with Gasteiger partial charge in [0.05, 0.1) is 6.04 Å². The molecule has 0 aromatic carbocycles. The van der Waals surface area contributed by atoms with Gasteiger partial charge in [-0.05, 0) is 13.1 Å². The maximum absolute atomic E-state index is 12.5. The normalized spacial score (nSPS) is 19.0. The molecule has 2 aromatic heterocycles. The van der Waals surface area contributed by atoms with Crippen LogP contribution >= 0.6 is 0 Å². The van der Waals surface area contributed by atoms with Crippen molar-refractivity contribution in [1.82, 2.24) is 23.9 Å². The fourth-order valence-electron chi connectivity index (χ4n) is 2.91. The molecular weight excluding hydrogens is 294 g/mol. The Morgan fingerprint density at radius 2 is 2.09 bits per heavy atom. The number of pyridine rings is 1. The second-order valence-corrected chi connectivity index (χ2v) is 5.90. The van der Waals surface area contributed by atoms with Crippen molar-refractivity contribution in [3.05, 3.63) is 53.0 Å². The highest BCUT2D eigenvalue weighted by Crippen LogP contribution is 2.22. The van der Waals surface area contributed by atoms with Crippen molar-refractivity contribution in [2.45, 2.75) is 12.6 Å². The number of hydrogen-bond acceptors (Lipinski definition) is 4. The van der Waals surface area contributed by atoms with E-state index in [1.807, 2.05) is 29.8 Å². The molecule has 1 aliphatic rings. The van der Waals surface area contributed by atoms with Crippen molar-refractivity contribution >= 4 is 5.91 Å². The van der Waals surface area contributed by atoms with Gasteiger partial charge in [-0.1, -0.05) is 6.07 Å². The summed E-state index contributed by atoms with van der Waals surface area (Å²) in [4.78, 5) is 32.7. The number of hydrogen-bond donors (Lipinski definition) is 0. The highest BCUT2D eigenvalue weighted by Gasteiger charge is 2.30. The first-order chi connectivity index (χ1) is 11.1. The minimum Gasteiger partial charge on any atom is -0.338 e. The van der Waals surface area contributed by atoms with Crippen LogP contribution in [-0.4, -0.2) is 56.5 Å². The van der Waals surface area contributed by atoms with Crippen LogP contribution in [0.3, 0.4) is 0 Å². The highest BCUT2D eigenvalue weighted by molar-refractivity contribution is 5.76. The fraction of sp³-hybridized carbons (Fsp3) is 0.438. The van der Waals surface area contributed by atoms with Crippen LogP contribution in [0.1, 0.15) is 11.9 Å². The zero-order chi connectivity index (χ0) is 16.4. The molecule has 0 bridgehead atoms. The maximum Gasteiger partial charge on any atom is 0.250 e. The van der Waals surface area contributed by atoms with Gasteiger partial charge in [-0.3, -0.25) is 14.5 Å². The molecule has 1 fully saturated rings. The predicted molar refractivity (Wildman–Crippen MR) is 85.9 cm³/mol. The van der Waals surface area contributed by atoms with Crippen LogP contribution in [0.5, 0.6) is 0 Å². The molecule has 1 amide bonds. The molecule has 1 saturated heterocycles. The molecule has 7 heteroatoms. The van der Waals surface area contributed by atoms with Gasteiger partial charge in [0.15, 0.2) is 0 Å². The molecule has 0 spiro atoms. The molecule has 3 rings (SSSR count). The highest BCUT2D eigenvalue weighted by atomic mass is 16.2. The van der Waals surface area contributed by atoms with Crippen molar-refractivity contribution in [2.75, 3.05) is 26.7 Å². The number of carbonyl (C=O) groups is 1. The molecule has 3 heterocycles. The third-order valence-electron chi connectivity index (χ3n) is 4.36. The van der Waals surface area contributed by atoms with E-state index in [-0.39, 0.29) is 24.1 Å². The van der Waals surface area contributed by atoms with E-state index < -0.39 is 0 Å². The van der Waals surface area contributed by atoms with Gasteiger partial charge in [0.25, 0.3) is 5.56 Å². The van der Waals surface area contributed by atoms with Gasteiger partial charge in [-0.2, -0.15) is 0 Å². The van der Waals surface area contributed by atoms with Crippen LogP contribution < -0.4 is 5.56 Å². The topological polar surface area (TPSA) is 63.4 Å². The Kier molecular flexibility index (Phi) is 4.29. The largest absolute Gasteiger partial charge is 0.338 e. The molecule has 122 valence electrons. The lowest BCUT2D eigenvalue weighted by Crippen LogP contribution is -2.50. The number of amides is 1. The van der Waals surface area contributed by atoms with Crippen LogP contribution in [0.4, 0.5) is 0 Å². The predicted octanol–water partition coefficient (Wildman–Crippen LogP) is 0.0971. The Morgan fingerprint density at radius 1 is 1.26 bits per heavy atom. The van der Waals surface area contributed by atoms with Gasteiger partial charge in [0.2, 0.25) is 5.91 Å². The molecule has 1 aliphatic heterocycles. The van der Waals surface area contributed by atoms with Crippen LogP contribution in [0.15, 0.2) is 41.6 Å². The van der Waals surface area contributed by atoms with E-state index in [1.54, 1.807) is 24.5 Å². The Balaban J connectivity index is 1.73. The molecular formula is C16H21N5O2. The van der Waals surface area contributed by atoms with Gasteiger partial charge in [0.1, 0.15) is 12.4 Å². The molecule has 0 N–H and O–H groups in total. The number of rotatable bonds is 3. The Morgan fingerprint density at radius 3 is 2.78 bits per heavy atom. The molecule has 7 nitrogen and oxygen atoms in total. The summed E-state index contributed by atoms with van der Waals surface area (Å²) in [6.45, 7) is 2.11. The van der Waals surface area contributed by atoms with Crippen molar-refractivity contribution < 1.29 is 4.79 Å². The molecule has 0 aliphatic carbocycles. The summed E-state index contributed by atoms with van der Waals surface area (Å²) < 4.78 is 3.42. The third-order valence-corrected chi connectivity index (χ3v) is 4.36. The summed E-state index contributed by atoms with van der Waals surface area (Å²) in [5, 5.41) is 0. The van der Waals surface area contributed by atoms with Crippen molar-refractivity contribution in [3.63, 3.8) is 0 Å². The lowest BCUT2D eigenvalue weighted by Gasteiger charge is -2.39. The Labute approximate surface area is 134 Å². The summed E-state index contributed by atoms with van der Waals surface area (Å²) >= 11 is 0. The minimum atomic E-state index is -0.157. The summed E-state index contributed by atoms with van der Waals surface area (Å²) in [6, 6.07) is 4.97. The summed E-state index contributed by atoms with van der Waals surface area (Å²) in [5.41, 5.74) is -0.157. The Bertz CT molecular complexity index is 751. The molecule has 0 saturated carbocycles. The van der Waals surface area contributed by atoms with Gasteiger partial charge in [-0.25, -0.2) is 4.98 Å². The van der Waals surface area contributed by atoms with Gasteiger partial charge < -0.3 is 14.0 Å². The molecule has 0 radical (unpaired) electrons. The van der Waals surface area contributed by atoms with E-state index in [4.69, 9.17) is 0 Å². The van der Waals surface area contributed by atoms with E-state index in [2.05, 4.69) is 9.88 Å². The van der Waals surface area contributed by atoms with E-state index in [9.17, 15) is 9.59 Å². The Hall–Kier alpha value is -2.41. The van der Waals surface area contributed by atoms with E-state index in [0.717, 1.165) is 12.4 Å². The summed E-state index contributed by atoms with van der Waals surface area (Å²) in [5.74, 6) is 0.910. The van der Waals surface area contributed by atoms with E-state index >= 15 is 0 Å². The van der Waals surface area contributed by atoms with E-state index in [1.165, 1.54) is 10.6 Å². The molecule has 2 aromatic rings. The smallest absolute Gasteiger partial charge is 0.250 e. The quantitative estimate of drug-likeness (QED) is 0.806. The fourth-order valence-corrected chi connectivity index (χ4v) is 2.91. The first-order valence-electron chi connectivity index (χ1n) is 7.67. The number of aryl methyl sites for hydroxylation is 1. The SMILES string of the molecule is CN1CCN(C(=O)Cn2ccccc2=O)CC1c1nccn1C. The first kappa shape index (κ1) is 15.5. The lowest BCUT2D eigenvalue weighted by molar-refractivity contribution is -0.134. The average Bonchev–Trinajstić information content (AvgIpc) is 2.96. The molecule has 1 unspecified atom stereocenters. The summed E-state index contributed by atoms with van der Waals surface area (Å²) in [6.07, 6.45) is 5.33. The average molecular weight is 315 g/mol. The second kappa shape index (κ2) is 6.37. The van der Waals surface area contributed by atoms with Crippen molar-refractivity contribution in [1.29, 1.82) is 0 Å². The molecule has 23 heavy (non-hydrogen) atoms. The zero-order valence-electron chi connectivity index (χ0n) is 13.4. The van der Waals surface area contributed by atoms with Crippen LogP contribution in [0.2, 0.25) is 0 Å². The van der Waals surface area contributed by atoms with Gasteiger partial charge in [-0.15, -0.1) is 0 Å². The summed E-state index contributed by atoms with van der Waals surface area (Å²) in [7, 11) is 4.00. The number of carbonyl (C=O) groups excluding carboxylic acids is 1. The number of nitrogens with zero attached hydrogens (tertiary/aromatic N) is 5. The third kappa shape index (κ3) is 3.19. The standard InChI is InChI=1S/C16H21N5O2/c1-18-9-10-21(11-13(18)16-17-6-8-19(16)2)15(23)12-20-7-4-3-5-14(20)22/h3-8,13H,9-12H2,1-2H3. The van der Waals surface area contributed by atoms with Crippen LogP contribution in [-0.2, 0) is 18.4 Å². The number of likely N-dealkylation sites (N-methyl/N-ethyl adjacent to an activating group) is 1. The van der Waals surface area contributed by atoms with Crippen molar-refractivity contribution in [3.8, 4) is 0 Å². The minimum absolute atomic E-state index is 0.0365.